The molecule has 0 aliphatic carbocycles. The summed E-state index contributed by atoms with van der Waals surface area (Å²) in [4.78, 5) is 35.7. The van der Waals surface area contributed by atoms with Crippen LogP contribution in [-0.2, 0) is 11.3 Å². The number of benzene rings is 2. The quantitative estimate of drug-likeness (QED) is 0.419. The number of hydrogen-bond acceptors (Lipinski definition) is 7. The average molecular weight is 458 g/mol. The summed E-state index contributed by atoms with van der Waals surface area (Å²) in [5.41, 5.74) is 3.03. The molecule has 3 heterocycles. The first-order valence-electron chi connectivity index (χ1n) is 10.2. The predicted molar refractivity (Wildman–Crippen MR) is 127 cm³/mol. The molecule has 0 fully saturated rings. The smallest absolute Gasteiger partial charge is 0.268 e. The van der Waals surface area contributed by atoms with Crippen LogP contribution in [0.1, 0.15) is 11.1 Å². The van der Waals surface area contributed by atoms with Crippen molar-refractivity contribution in [3.05, 3.63) is 82.4 Å². The zero-order valence-electron chi connectivity index (χ0n) is 17.9. The number of anilines is 1. The van der Waals surface area contributed by atoms with Crippen LogP contribution in [-0.4, -0.2) is 25.6 Å². The molecule has 5 aromatic rings. The third kappa shape index (κ3) is 4.06. The molecule has 0 atom stereocenters. The van der Waals surface area contributed by atoms with Crippen molar-refractivity contribution in [1.82, 2.24) is 19.7 Å². The highest BCUT2D eigenvalue weighted by Crippen LogP contribution is 2.35. The van der Waals surface area contributed by atoms with Crippen LogP contribution in [0.15, 0.2) is 70.2 Å². The number of para-hydroxylation sites is 1. The highest BCUT2D eigenvalue weighted by atomic mass is 32.1. The lowest BCUT2D eigenvalue weighted by molar-refractivity contribution is -0.116. The minimum atomic E-state index is -0.308. The van der Waals surface area contributed by atoms with Gasteiger partial charge in [0.1, 0.15) is 11.4 Å². The number of hydrogen-bond donors (Lipinski definition) is 1. The van der Waals surface area contributed by atoms with E-state index in [0.717, 1.165) is 11.1 Å². The van der Waals surface area contributed by atoms with Crippen LogP contribution in [0.2, 0.25) is 0 Å². The van der Waals surface area contributed by atoms with E-state index in [9.17, 15) is 9.59 Å². The average Bonchev–Trinajstić information content (AvgIpc) is 3.42. The molecular weight excluding hydrogens is 438 g/mol. The minimum Gasteiger partial charge on any atom is -0.333 e. The Hall–Kier alpha value is -4.11. The van der Waals surface area contributed by atoms with Crippen molar-refractivity contribution in [3.8, 4) is 22.2 Å². The van der Waals surface area contributed by atoms with Gasteiger partial charge >= 0.3 is 0 Å². The third-order valence-electron chi connectivity index (χ3n) is 5.19. The summed E-state index contributed by atoms with van der Waals surface area (Å²) in [7, 11) is 0. The van der Waals surface area contributed by atoms with Gasteiger partial charge in [-0.1, -0.05) is 47.1 Å². The summed E-state index contributed by atoms with van der Waals surface area (Å²) in [5.74, 6) is 0.505. The largest absolute Gasteiger partial charge is 0.333 e. The van der Waals surface area contributed by atoms with Crippen LogP contribution < -0.4 is 10.9 Å². The Kier molecular flexibility index (Phi) is 5.31. The molecule has 164 valence electrons. The van der Waals surface area contributed by atoms with E-state index in [1.807, 2.05) is 56.3 Å². The van der Waals surface area contributed by atoms with Gasteiger partial charge in [-0.25, -0.2) is 4.98 Å². The highest BCUT2D eigenvalue weighted by molar-refractivity contribution is 7.22. The minimum absolute atomic E-state index is 0.140. The summed E-state index contributed by atoms with van der Waals surface area (Å²) in [6.07, 6.45) is 1.39. The lowest BCUT2D eigenvalue weighted by atomic mass is 10.1. The van der Waals surface area contributed by atoms with Crippen molar-refractivity contribution >= 4 is 33.1 Å². The van der Waals surface area contributed by atoms with Crippen LogP contribution in [0.25, 0.3) is 32.4 Å². The molecule has 0 saturated heterocycles. The number of fused-ring (bicyclic) bond motifs is 1. The fourth-order valence-electron chi connectivity index (χ4n) is 3.57. The maximum atomic E-state index is 13.1. The Morgan fingerprint density at radius 2 is 1.94 bits per heavy atom. The molecule has 0 unspecified atom stereocenters. The molecule has 8 nitrogen and oxygen atoms in total. The summed E-state index contributed by atoms with van der Waals surface area (Å²) in [6, 6.07) is 16.9. The summed E-state index contributed by atoms with van der Waals surface area (Å²) in [5, 5.41) is 7.32. The van der Waals surface area contributed by atoms with Gasteiger partial charge in [0.05, 0.1) is 16.6 Å². The number of nitrogens with one attached hydrogen (secondary N) is 1. The van der Waals surface area contributed by atoms with Crippen LogP contribution in [0, 0.1) is 13.8 Å². The maximum absolute atomic E-state index is 13.1. The number of nitrogens with zero attached hydrogens (tertiary/aromatic N) is 4. The molecule has 1 amide bonds. The Morgan fingerprint density at radius 1 is 1.12 bits per heavy atom. The zero-order valence-corrected chi connectivity index (χ0v) is 18.7. The first-order valence-corrected chi connectivity index (χ1v) is 11.1. The number of amides is 1. The molecule has 0 bridgehead atoms. The van der Waals surface area contributed by atoms with Crippen LogP contribution in [0.4, 0.5) is 5.69 Å². The van der Waals surface area contributed by atoms with Gasteiger partial charge in [0.2, 0.25) is 11.7 Å². The molecule has 33 heavy (non-hydrogen) atoms. The van der Waals surface area contributed by atoms with Gasteiger partial charge in [0.15, 0.2) is 0 Å². The molecule has 1 N–H and O–H groups in total. The predicted octanol–water partition coefficient (Wildman–Crippen LogP) is 4.43. The van der Waals surface area contributed by atoms with Crippen molar-refractivity contribution in [1.29, 1.82) is 0 Å². The highest BCUT2D eigenvalue weighted by Gasteiger charge is 2.21. The van der Waals surface area contributed by atoms with Crippen molar-refractivity contribution < 1.29 is 9.32 Å². The first-order chi connectivity index (χ1) is 16.0. The van der Waals surface area contributed by atoms with E-state index in [-0.39, 0.29) is 18.0 Å². The summed E-state index contributed by atoms with van der Waals surface area (Å²) >= 11 is 1.31. The summed E-state index contributed by atoms with van der Waals surface area (Å²) < 4.78 is 6.81. The second-order valence-corrected chi connectivity index (χ2v) is 8.62. The van der Waals surface area contributed by atoms with Crippen molar-refractivity contribution in [2.45, 2.75) is 20.4 Å². The van der Waals surface area contributed by atoms with E-state index in [0.29, 0.717) is 38.1 Å². The molecule has 0 saturated carbocycles. The fourth-order valence-corrected chi connectivity index (χ4v) is 4.63. The van der Waals surface area contributed by atoms with E-state index < -0.39 is 0 Å². The Labute approximate surface area is 192 Å². The number of rotatable bonds is 5. The molecule has 0 aliphatic rings. The molecular formula is C24H19N5O3S. The van der Waals surface area contributed by atoms with Gasteiger partial charge in [0, 0.05) is 11.3 Å². The van der Waals surface area contributed by atoms with Crippen LogP contribution in [0.3, 0.4) is 0 Å². The molecule has 0 radical (unpaired) electrons. The monoisotopic (exact) mass is 457 g/mol. The lowest BCUT2D eigenvalue weighted by Crippen LogP contribution is -2.27. The van der Waals surface area contributed by atoms with Crippen molar-refractivity contribution in [2.75, 3.05) is 5.32 Å². The SMILES string of the molecule is Cc1cccc(-c2noc(-c3sc4ncn(CC(=O)Nc5ccccc5)c(=O)c4c3C)n2)c1. The van der Waals surface area contributed by atoms with E-state index in [1.165, 1.54) is 22.2 Å². The third-order valence-corrected chi connectivity index (χ3v) is 6.37. The number of aromatic nitrogens is 4. The van der Waals surface area contributed by atoms with Crippen LogP contribution >= 0.6 is 11.3 Å². The topological polar surface area (TPSA) is 103 Å². The molecule has 3 aromatic heterocycles. The number of carbonyl (C=O) groups excluding carboxylic acids is 1. The van der Waals surface area contributed by atoms with Crippen molar-refractivity contribution in [3.63, 3.8) is 0 Å². The van der Waals surface area contributed by atoms with E-state index in [1.54, 1.807) is 12.1 Å². The molecule has 0 aliphatic heterocycles. The van der Waals surface area contributed by atoms with E-state index in [4.69, 9.17) is 4.52 Å². The molecule has 2 aromatic carbocycles. The standard InChI is InChI=1S/C24H19N5O3S/c1-14-7-6-8-16(11-14)21-27-22(32-28-21)20-15(2)19-23(33-20)25-13-29(24(19)31)12-18(30)26-17-9-4-3-5-10-17/h3-11,13H,12H2,1-2H3,(H,26,30). The number of carbonyl (C=O) groups is 1. The zero-order chi connectivity index (χ0) is 22.9. The molecule has 0 spiro atoms. The molecule has 9 heteroatoms. The van der Waals surface area contributed by atoms with Gasteiger partial charge < -0.3 is 9.84 Å². The summed E-state index contributed by atoms with van der Waals surface area (Å²) in [6.45, 7) is 3.68. The normalized spacial score (nSPS) is 11.1. The first kappa shape index (κ1) is 20.8. The number of aryl methyl sites for hydroxylation is 2. The second kappa shape index (κ2) is 8.44. The number of thiophene rings is 1. The van der Waals surface area contributed by atoms with Gasteiger partial charge in [-0.3, -0.25) is 14.2 Å². The van der Waals surface area contributed by atoms with Crippen molar-refractivity contribution in [2.24, 2.45) is 0 Å². The van der Waals surface area contributed by atoms with E-state index in [2.05, 4.69) is 20.4 Å². The lowest BCUT2D eigenvalue weighted by Gasteiger charge is -2.07. The van der Waals surface area contributed by atoms with Gasteiger partial charge in [0.25, 0.3) is 11.4 Å². The second-order valence-electron chi connectivity index (χ2n) is 7.62. The van der Waals surface area contributed by atoms with Gasteiger partial charge in [-0.05, 0) is 37.6 Å². The van der Waals surface area contributed by atoms with Crippen LogP contribution in [0.5, 0.6) is 0 Å². The molecule has 5 rings (SSSR count). The van der Waals surface area contributed by atoms with E-state index >= 15 is 0 Å². The Balaban J connectivity index is 1.46. The fraction of sp³-hybridized carbons (Fsp3) is 0.125. The Morgan fingerprint density at radius 3 is 2.73 bits per heavy atom. The maximum Gasteiger partial charge on any atom is 0.268 e. The Bertz CT molecular complexity index is 1540. The van der Waals surface area contributed by atoms with Gasteiger partial charge in [-0.2, -0.15) is 4.98 Å². The van der Waals surface area contributed by atoms with Gasteiger partial charge in [-0.15, -0.1) is 11.3 Å².